The molecule has 1 aromatic rings. The highest BCUT2D eigenvalue weighted by molar-refractivity contribution is 7.10. The van der Waals surface area contributed by atoms with Gasteiger partial charge < -0.3 is 4.90 Å². The second-order valence-electron chi connectivity index (χ2n) is 4.37. The molecule has 0 spiro atoms. The Morgan fingerprint density at radius 3 is 3.07 bits per heavy atom. The van der Waals surface area contributed by atoms with Crippen molar-refractivity contribution in [1.29, 1.82) is 0 Å². The van der Waals surface area contributed by atoms with Crippen LogP contribution in [0.15, 0.2) is 11.4 Å². The van der Waals surface area contributed by atoms with E-state index in [4.69, 9.17) is 0 Å². The highest BCUT2D eigenvalue weighted by atomic mass is 35.5. The zero-order valence-corrected chi connectivity index (χ0v) is 10.6. The number of piperazine rings is 1. The summed E-state index contributed by atoms with van der Waals surface area (Å²) >= 11 is 1.94. The van der Waals surface area contributed by atoms with Gasteiger partial charge in [-0.15, -0.1) is 23.7 Å². The lowest BCUT2D eigenvalue weighted by molar-refractivity contribution is 0.0850. The Hall–Kier alpha value is -0.0900. The third kappa shape index (κ3) is 1.94. The molecule has 0 amide bonds. The van der Waals surface area contributed by atoms with Crippen LogP contribution in [0, 0.1) is 0 Å². The Morgan fingerprint density at radius 2 is 2.20 bits per heavy atom. The normalized spacial score (nSPS) is 26.6. The van der Waals surface area contributed by atoms with Crippen LogP contribution in [0.25, 0.3) is 0 Å². The number of likely N-dealkylation sites (N-methyl/N-ethyl adjacent to an activating group) is 1. The summed E-state index contributed by atoms with van der Waals surface area (Å²) in [5, 5.41) is 2.25. The van der Waals surface area contributed by atoms with Gasteiger partial charge in [0.2, 0.25) is 0 Å². The molecule has 1 atom stereocenters. The van der Waals surface area contributed by atoms with E-state index in [1.165, 1.54) is 32.6 Å². The molecule has 0 bridgehead atoms. The lowest BCUT2D eigenvalue weighted by Gasteiger charge is -2.42. The molecule has 0 N–H and O–H groups in total. The van der Waals surface area contributed by atoms with Crippen LogP contribution in [0.2, 0.25) is 0 Å². The van der Waals surface area contributed by atoms with Gasteiger partial charge in [0.25, 0.3) is 0 Å². The van der Waals surface area contributed by atoms with Gasteiger partial charge >= 0.3 is 0 Å². The van der Waals surface area contributed by atoms with Crippen LogP contribution in [-0.2, 0) is 6.42 Å². The zero-order chi connectivity index (χ0) is 9.54. The third-order valence-corrected chi connectivity index (χ3v) is 4.51. The van der Waals surface area contributed by atoms with Gasteiger partial charge in [-0.05, 0) is 30.5 Å². The summed E-state index contributed by atoms with van der Waals surface area (Å²) in [5.74, 6) is 0. The lowest BCUT2D eigenvalue weighted by atomic mass is 9.99. The number of thiophene rings is 1. The van der Waals surface area contributed by atoms with Crippen LogP contribution in [0.3, 0.4) is 0 Å². The molecule has 2 aliphatic rings. The number of halogens is 1. The van der Waals surface area contributed by atoms with Crippen LogP contribution < -0.4 is 0 Å². The largest absolute Gasteiger partial charge is 0.303 e. The fraction of sp³-hybridized carbons (Fsp3) is 0.636. The maximum absolute atomic E-state index is 2.65. The molecule has 84 valence electrons. The quantitative estimate of drug-likeness (QED) is 0.689. The molecule has 1 saturated heterocycles. The Labute approximate surface area is 101 Å². The zero-order valence-electron chi connectivity index (χ0n) is 8.98. The van der Waals surface area contributed by atoms with E-state index in [0.717, 1.165) is 0 Å². The van der Waals surface area contributed by atoms with Crippen LogP contribution >= 0.6 is 23.7 Å². The van der Waals surface area contributed by atoms with E-state index in [9.17, 15) is 0 Å². The molecule has 0 aliphatic carbocycles. The van der Waals surface area contributed by atoms with E-state index < -0.39 is 0 Å². The van der Waals surface area contributed by atoms with Crippen LogP contribution in [0.5, 0.6) is 0 Å². The number of nitrogens with zero attached hydrogens (tertiary/aromatic N) is 2. The Morgan fingerprint density at radius 1 is 1.33 bits per heavy atom. The SMILES string of the molecule is CN1CCN2CCc3ccsc3C2C1.Cl. The first kappa shape index (κ1) is 11.4. The van der Waals surface area contributed by atoms with Gasteiger partial charge in [0.15, 0.2) is 0 Å². The van der Waals surface area contributed by atoms with Gasteiger partial charge in [-0.2, -0.15) is 0 Å². The predicted octanol–water partition coefficient (Wildman–Crippen LogP) is 2.01. The van der Waals surface area contributed by atoms with Crippen molar-refractivity contribution in [3.8, 4) is 0 Å². The van der Waals surface area contributed by atoms with E-state index >= 15 is 0 Å². The third-order valence-electron chi connectivity index (χ3n) is 3.45. The van der Waals surface area contributed by atoms with Gasteiger partial charge in [0, 0.05) is 31.1 Å². The minimum atomic E-state index is 0. The molecular weight excluding hydrogens is 228 g/mol. The van der Waals surface area contributed by atoms with E-state index in [2.05, 4.69) is 28.3 Å². The van der Waals surface area contributed by atoms with E-state index in [0.29, 0.717) is 6.04 Å². The van der Waals surface area contributed by atoms with E-state index in [1.807, 2.05) is 11.3 Å². The fourth-order valence-corrected chi connectivity index (χ4v) is 3.66. The average Bonchev–Trinajstić information content (AvgIpc) is 2.65. The summed E-state index contributed by atoms with van der Waals surface area (Å²) in [6, 6.07) is 3.00. The average molecular weight is 245 g/mol. The molecule has 3 rings (SSSR count). The van der Waals surface area contributed by atoms with Crippen LogP contribution in [0.1, 0.15) is 16.5 Å². The highest BCUT2D eigenvalue weighted by Gasteiger charge is 2.31. The van der Waals surface area contributed by atoms with Gasteiger partial charge in [-0.3, -0.25) is 4.90 Å². The van der Waals surface area contributed by atoms with E-state index in [-0.39, 0.29) is 12.4 Å². The Balaban J connectivity index is 0.000000853. The van der Waals surface area contributed by atoms with Gasteiger partial charge in [-0.25, -0.2) is 0 Å². The van der Waals surface area contributed by atoms with Gasteiger partial charge in [-0.1, -0.05) is 0 Å². The lowest BCUT2D eigenvalue weighted by Crippen LogP contribution is -2.49. The first-order valence-corrected chi connectivity index (χ1v) is 6.21. The van der Waals surface area contributed by atoms with Crippen molar-refractivity contribution in [3.05, 3.63) is 21.9 Å². The second-order valence-corrected chi connectivity index (χ2v) is 5.32. The molecule has 1 unspecified atom stereocenters. The van der Waals surface area contributed by atoms with Crippen LogP contribution in [0.4, 0.5) is 0 Å². The maximum Gasteiger partial charge on any atom is 0.0572 e. The molecular formula is C11H17ClN2S. The summed E-state index contributed by atoms with van der Waals surface area (Å²) in [6.07, 6.45) is 1.26. The smallest absolute Gasteiger partial charge is 0.0572 e. The first-order chi connectivity index (χ1) is 6.84. The van der Waals surface area contributed by atoms with Crippen molar-refractivity contribution >= 4 is 23.7 Å². The van der Waals surface area contributed by atoms with Crippen molar-refractivity contribution in [1.82, 2.24) is 9.80 Å². The van der Waals surface area contributed by atoms with Crippen molar-refractivity contribution in [3.63, 3.8) is 0 Å². The molecule has 4 heteroatoms. The first-order valence-electron chi connectivity index (χ1n) is 5.33. The minimum Gasteiger partial charge on any atom is -0.303 e. The molecule has 15 heavy (non-hydrogen) atoms. The topological polar surface area (TPSA) is 6.48 Å². The molecule has 0 aromatic carbocycles. The summed E-state index contributed by atoms with van der Waals surface area (Å²) in [5.41, 5.74) is 1.60. The van der Waals surface area contributed by atoms with Gasteiger partial charge in [0.05, 0.1) is 6.04 Å². The van der Waals surface area contributed by atoms with E-state index in [1.54, 1.807) is 10.4 Å². The van der Waals surface area contributed by atoms with Crippen LogP contribution in [-0.4, -0.2) is 43.0 Å². The van der Waals surface area contributed by atoms with Crippen molar-refractivity contribution < 1.29 is 0 Å². The summed E-state index contributed by atoms with van der Waals surface area (Å²) in [7, 11) is 2.24. The molecule has 1 fully saturated rings. The minimum absolute atomic E-state index is 0. The number of fused-ring (bicyclic) bond motifs is 3. The molecule has 0 radical (unpaired) electrons. The molecule has 1 aromatic heterocycles. The summed E-state index contributed by atoms with van der Waals surface area (Å²) in [4.78, 5) is 6.73. The summed E-state index contributed by atoms with van der Waals surface area (Å²) < 4.78 is 0. The second kappa shape index (κ2) is 4.42. The Kier molecular flexibility index (Phi) is 3.36. The number of rotatable bonds is 0. The standard InChI is InChI=1S/C11H16N2S.ClH/c1-12-5-6-13-4-2-9-3-7-14-11(9)10(13)8-12;/h3,7,10H,2,4-6,8H2,1H3;1H. The highest BCUT2D eigenvalue weighted by Crippen LogP contribution is 2.35. The number of hydrogen-bond donors (Lipinski definition) is 0. The predicted molar refractivity (Wildman–Crippen MR) is 67.1 cm³/mol. The molecule has 2 aliphatic heterocycles. The monoisotopic (exact) mass is 244 g/mol. The molecule has 2 nitrogen and oxygen atoms in total. The Bertz CT molecular complexity index is 339. The van der Waals surface area contributed by atoms with Crippen molar-refractivity contribution in [2.24, 2.45) is 0 Å². The number of hydrogen-bond acceptors (Lipinski definition) is 3. The summed E-state index contributed by atoms with van der Waals surface area (Å²) in [6.45, 7) is 4.96. The van der Waals surface area contributed by atoms with Crippen molar-refractivity contribution in [2.75, 3.05) is 33.2 Å². The molecule has 3 heterocycles. The fourth-order valence-electron chi connectivity index (χ4n) is 2.58. The van der Waals surface area contributed by atoms with Gasteiger partial charge in [0.1, 0.15) is 0 Å². The van der Waals surface area contributed by atoms with Crippen molar-refractivity contribution in [2.45, 2.75) is 12.5 Å². The maximum atomic E-state index is 2.65. The molecule has 0 saturated carbocycles.